The molecular formula is C15H22ClF2N3O3S. The number of hydrogen-bond donors (Lipinski definition) is 2. The van der Waals surface area contributed by atoms with Crippen LogP contribution in [0.3, 0.4) is 0 Å². The van der Waals surface area contributed by atoms with E-state index in [2.05, 4.69) is 5.32 Å². The summed E-state index contributed by atoms with van der Waals surface area (Å²) in [6.07, 6.45) is 2.12. The molecule has 1 aliphatic heterocycles. The van der Waals surface area contributed by atoms with Crippen LogP contribution in [-0.2, 0) is 14.8 Å². The van der Waals surface area contributed by atoms with Gasteiger partial charge in [-0.1, -0.05) is 6.42 Å². The lowest BCUT2D eigenvalue weighted by Crippen LogP contribution is -2.49. The van der Waals surface area contributed by atoms with Crippen molar-refractivity contribution in [3.63, 3.8) is 0 Å². The maximum absolute atomic E-state index is 13.9. The average molecular weight is 398 g/mol. The lowest BCUT2D eigenvalue weighted by molar-refractivity contribution is -0.121. The number of halogens is 3. The summed E-state index contributed by atoms with van der Waals surface area (Å²) >= 11 is 0. The summed E-state index contributed by atoms with van der Waals surface area (Å²) in [5.74, 6) is -2.08. The van der Waals surface area contributed by atoms with Crippen molar-refractivity contribution in [2.45, 2.75) is 36.6 Å². The maximum Gasteiger partial charge on any atom is 0.246 e. The highest BCUT2D eigenvalue weighted by Crippen LogP contribution is 2.27. The first kappa shape index (κ1) is 21.8. The van der Waals surface area contributed by atoms with Gasteiger partial charge in [0.25, 0.3) is 0 Å². The average Bonchev–Trinajstić information content (AvgIpc) is 2.55. The first-order valence-electron chi connectivity index (χ1n) is 7.80. The minimum Gasteiger partial charge on any atom is -0.354 e. The molecule has 1 aromatic rings. The summed E-state index contributed by atoms with van der Waals surface area (Å²) in [5, 5.41) is 2.64. The van der Waals surface area contributed by atoms with Crippen LogP contribution in [0.15, 0.2) is 23.1 Å². The molecule has 1 aliphatic rings. The van der Waals surface area contributed by atoms with E-state index in [0.29, 0.717) is 18.9 Å². The highest BCUT2D eigenvalue weighted by atomic mass is 35.5. The molecule has 0 spiro atoms. The number of sulfonamides is 1. The molecule has 1 amide bonds. The third-order valence-corrected chi connectivity index (χ3v) is 5.93. The summed E-state index contributed by atoms with van der Waals surface area (Å²) < 4.78 is 53.9. The van der Waals surface area contributed by atoms with E-state index < -0.39 is 32.6 Å². The van der Waals surface area contributed by atoms with Crippen molar-refractivity contribution in [3.05, 3.63) is 29.8 Å². The summed E-state index contributed by atoms with van der Waals surface area (Å²) in [4.78, 5) is 10.9. The second-order valence-corrected chi connectivity index (χ2v) is 7.54. The van der Waals surface area contributed by atoms with Gasteiger partial charge in [0.1, 0.15) is 16.5 Å². The Balaban J connectivity index is 0.00000312. The number of benzene rings is 1. The molecule has 1 heterocycles. The molecule has 0 bridgehead atoms. The van der Waals surface area contributed by atoms with Crippen LogP contribution in [0.1, 0.15) is 25.7 Å². The second-order valence-electron chi connectivity index (χ2n) is 5.68. The van der Waals surface area contributed by atoms with E-state index in [0.717, 1.165) is 22.9 Å². The van der Waals surface area contributed by atoms with E-state index >= 15 is 0 Å². The number of nitrogens with one attached hydrogen (secondary N) is 1. The smallest absolute Gasteiger partial charge is 0.246 e. The van der Waals surface area contributed by atoms with E-state index in [4.69, 9.17) is 5.73 Å². The van der Waals surface area contributed by atoms with Crippen LogP contribution in [0.4, 0.5) is 8.78 Å². The molecule has 0 aromatic heterocycles. The number of rotatable bonds is 6. The number of hydrogen-bond acceptors (Lipinski definition) is 4. The molecule has 142 valence electrons. The zero-order chi connectivity index (χ0) is 17.7. The molecule has 6 nitrogen and oxygen atoms in total. The monoisotopic (exact) mass is 397 g/mol. The van der Waals surface area contributed by atoms with E-state index in [9.17, 15) is 22.0 Å². The number of piperidine rings is 1. The topological polar surface area (TPSA) is 92.5 Å². The first-order chi connectivity index (χ1) is 11.4. The first-order valence-corrected chi connectivity index (χ1v) is 9.24. The van der Waals surface area contributed by atoms with Crippen molar-refractivity contribution >= 4 is 28.3 Å². The van der Waals surface area contributed by atoms with Crippen molar-refractivity contribution in [1.29, 1.82) is 0 Å². The van der Waals surface area contributed by atoms with Gasteiger partial charge in [0.2, 0.25) is 15.9 Å². The zero-order valence-electron chi connectivity index (χ0n) is 13.6. The SMILES string of the molecule is Cl.NCCC(=O)NCC1CCCCN1S(=O)(=O)c1cc(F)ccc1F. The largest absolute Gasteiger partial charge is 0.354 e. The molecule has 10 heteroatoms. The predicted octanol–water partition coefficient (Wildman–Crippen LogP) is 1.39. The fourth-order valence-electron chi connectivity index (χ4n) is 2.75. The Hall–Kier alpha value is -1.29. The lowest BCUT2D eigenvalue weighted by atomic mass is 10.1. The van der Waals surface area contributed by atoms with Gasteiger partial charge in [-0.15, -0.1) is 12.4 Å². The fraction of sp³-hybridized carbons (Fsp3) is 0.533. The van der Waals surface area contributed by atoms with Gasteiger partial charge in [0.15, 0.2) is 0 Å². The van der Waals surface area contributed by atoms with Crippen LogP contribution in [0.5, 0.6) is 0 Å². The maximum atomic E-state index is 13.9. The Labute approximate surface area is 152 Å². The molecule has 25 heavy (non-hydrogen) atoms. The Morgan fingerprint density at radius 3 is 2.72 bits per heavy atom. The summed E-state index contributed by atoms with van der Waals surface area (Å²) in [7, 11) is -4.18. The van der Waals surface area contributed by atoms with E-state index in [1.807, 2.05) is 0 Å². The van der Waals surface area contributed by atoms with Gasteiger partial charge in [-0.2, -0.15) is 4.31 Å². The van der Waals surface area contributed by atoms with Crippen molar-refractivity contribution in [2.24, 2.45) is 5.73 Å². The Morgan fingerprint density at radius 2 is 2.04 bits per heavy atom. The van der Waals surface area contributed by atoms with Gasteiger partial charge in [-0.3, -0.25) is 4.79 Å². The number of carbonyl (C=O) groups excluding carboxylic acids is 1. The number of amides is 1. The number of nitrogens with zero attached hydrogens (tertiary/aromatic N) is 1. The van der Waals surface area contributed by atoms with Gasteiger partial charge in [0.05, 0.1) is 0 Å². The molecule has 1 saturated heterocycles. The predicted molar refractivity (Wildman–Crippen MR) is 91.8 cm³/mol. The van der Waals surface area contributed by atoms with Crippen molar-refractivity contribution < 1.29 is 22.0 Å². The Kier molecular flexibility index (Phi) is 8.20. The van der Waals surface area contributed by atoms with Crippen LogP contribution in [0.2, 0.25) is 0 Å². The van der Waals surface area contributed by atoms with Gasteiger partial charge >= 0.3 is 0 Å². The lowest BCUT2D eigenvalue weighted by Gasteiger charge is -2.34. The van der Waals surface area contributed by atoms with Crippen LogP contribution in [-0.4, -0.2) is 44.3 Å². The number of carbonyl (C=O) groups is 1. The molecule has 1 unspecified atom stereocenters. The van der Waals surface area contributed by atoms with Gasteiger partial charge in [0, 0.05) is 32.1 Å². The molecular weight excluding hydrogens is 376 g/mol. The van der Waals surface area contributed by atoms with E-state index in [-0.39, 0.29) is 44.4 Å². The molecule has 1 atom stereocenters. The molecule has 0 saturated carbocycles. The number of nitrogens with two attached hydrogens (primary N) is 1. The Morgan fingerprint density at radius 1 is 1.32 bits per heavy atom. The van der Waals surface area contributed by atoms with Crippen LogP contribution < -0.4 is 11.1 Å². The molecule has 0 aliphatic carbocycles. The summed E-state index contributed by atoms with van der Waals surface area (Å²) in [6, 6.07) is 1.86. The van der Waals surface area contributed by atoms with Crippen molar-refractivity contribution in [3.8, 4) is 0 Å². The highest BCUT2D eigenvalue weighted by Gasteiger charge is 2.35. The van der Waals surface area contributed by atoms with Crippen LogP contribution in [0, 0.1) is 11.6 Å². The minimum atomic E-state index is -4.18. The Bertz CT molecular complexity index is 703. The van der Waals surface area contributed by atoms with Gasteiger partial charge in [-0.05, 0) is 31.0 Å². The quantitative estimate of drug-likeness (QED) is 0.758. The second kappa shape index (κ2) is 9.42. The van der Waals surface area contributed by atoms with Crippen LogP contribution in [0.25, 0.3) is 0 Å². The van der Waals surface area contributed by atoms with E-state index in [1.165, 1.54) is 0 Å². The molecule has 1 fully saturated rings. The fourth-order valence-corrected chi connectivity index (χ4v) is 4.52. The molecule has 1 aromatic carbocycles. The highest BCUT2D eigenvalue weighted by molar-refractivity contribution is 7.89. The van der Waals surface area contributed by atoms with Crippen molar-refractivity contribution in [2.75, 3.05) is 19.6 Å². The van der Waals surface area contributed by atoms with Gasteiger partial charge < -0.3 is 11.1 Å². The molecule has 3 N–H and O–H groups in total. The van der Waals surface area contributed by atoms with Crippen LogP contribution >= 0.6 is 12.4 Å². The standard InChI is InChI=1S/C15H21F2N3O3S.ClH/c16-11-4-5-13(17)14(9-11)24(22,23)20-8-2-1-3-12(20)10-19-15(21)6-7-18;/h4-5,9,12H,1-3,6-8,10,18H2,(H,19,21);1H. The normalized spacial score (nSPS) is 18.4. The molecule has 0 radical (unpaired) electrons. The summed E-state index contributed by atoms with van der Waals surface area (Å²) in [6.45, 7) is 0.526. The van der Waals surface area contributed by atoms with Gasteiger partial charge in [-0.25, -0.2) is 17.2 Å². The minimum absolute atomic E-state index is 0. The van der Waals surface area contributed by atoms with E-state index in [1.54, 1.807) is 0 Å². The third kappa shape index (κ3) is 5.34. The molecule has 2 rings (SSSR count). The third-order valence-electron chi connectivity index (χ3n) is 3.96. The zero-order valence-corrected chi connectivity index (χ0v) is 15.2. The summed E-state index contributed by atoms with van der Waals surface area (Å²) in [5.41, 5.74) is 5.30. The van der Waals surface area contributed by atoms with Crippen molar-refractivity contribution in [1.82, 2.24) is 9.62 Å².